The number of benzene rings is 1. The maximum absolute atomic E-state index is 12.3. The highest BCUT2D eigenvalue weighted by atomic mass is 16.5. The molecule has 1 aromatic carbocycles. The molecule has 0 fully saturated rings. The molecule has 0 aliphatic heterocycles. The fourth-order valence-corrected chi connectivity index (χ4v) is 2.07. The third-order valence-corrected chi connectivity index (χ3v) is 3.48. The van der Waals surface area contributed by atoms with Crippen molar-refractivity contribution in [1.82, 2.24) is 14.9 Å². The summed E-state index contributed by atoms with van der Waals surface area (Å²) in [5.41, 5.74) is 0.759. The van der Waals surface area contributed by atoms with E-state index in [1.807, 2.05) is 0 Å². The average Bonchev–Trinajstić information content (AvgIpc) is 3.07. The van der Waals surface area contributed by atoms with Crippen LogP contribution in [0.5, 0.6) is 0 Å². The van der Waals surface area contributed by atoms with Gasteiger partial charge in [-0.1, -0.05) is 0 Å². The van der Waals surface area contributed by atoms with Gasteiger partial charge in [0.25, 0.3) is 0 Å². The van der Waals surface area contributed by atoms with Gasteiger partial charge in [-0.2, -0.15) is 0 Å². The number of carbonyl (C=O) groups excluding carboxylic acids is 4. The molecule has 1 aromatic heterocycles. The maximum atomic E-state index is 12.3. The summed E-state index contributed by atoms with van der Waals surface area (Å²) in [4.78, 5) is 50.7. The lowest BCUT2D eigenvalue weighted by atomic mass is 10.1. The van der Waals surface area contributed by atoms with Crippen molar-refractivity contribution in [2.75, 3.05) is 19.0 Å². The summed E-state index contributed by atoms with van der Waals surface area (Å²) in [7, 11) is 2.95. The second-order valence-corrected chi connectivity index (χ2v) is 5.30. The fourth-order valence-electron chi connectivity index (χ4n) is 2.07. The number of carbonyl (C=O) groups is 4. The van der Waals surface area contributed by atoms with Gasteiger partial charge in [-0.15, -0.1) is 0 Å². The molecule has 0 bridgehead atoms. The molecule has 0 radical (unpaired) electrons. The molecule has 2 rings (SSSR count). The number of aromatic nitrogens is 2. The van der Waals surface area contributed by atoms with Crippen molar-refractivity contribution in [2.45, 2.75) is 6.42 Å². The molecule has 0 saturated carbocycles. The SMILES string of the molecule is COC(=O)CCNC(=O)C(=O)Nc1ccc(C(=O)c2nccn2C)cc1. The van der Waals surface area contributed by atoms with Gasteiger partial charge >= 0.3 is 17.8 Å². The molecule has 0 saturated heterocycles. The van der Waals surface area contributed by atoms with Crippen LogP contribution in [0.15, 0.2) is 36.7 Å². The Balaban J connectivity index is 1.91. The summed E-state index contributed by atoms with van der Waals surface area (Å²) in [6, 6.07) is 6.08. The Morgan fingerprint density at radius 3 is 2.38 bits per heavy atom. The molecule has 0 spiro atoms. The molecule has 0 aliphatic rings. The van der Waals surface area contributed by atoms with Gasteiger partial charge in [-0.3, -0.25) is 19.2 Å². The minimum Gasteiger partial charge on any atom is -0.469 e. The highest BCUT2D eigenvalue weighted by Gasteiger charge is 2.16. The van der Waals surface area contributed by atoms with Gasteiger partial charge < -0.3 is 19.9 Å². The quantitative estimate of drug-likeness (QED) is 0.434. The molecule has 0 atom stereocenters. The van der Waals surface area contributed by atoms with Gasteiger partial charge in [-0.05, 0) is 24.3 Å². The molecule has 2 amide bonds. The van der Waals surface area contributed by atoms with E-state index < -0.39 is 17.8 Å². The van der Waals surface area contributed by atoms with Crippen LogP contribution in [0.3, 0.4) is 0 Å². The lowest BCUT2D eigenvalue weighted by Gasteiger charge is -2.07. The van der Waals surface area contributed by atoms with E-state index in [1.165, 1.54) is 37.6 Å². The van der Waals surface area contributed by atoms with Gasteiger partial charge in [0.05, 0.1) is 13.5 Å². The van der Waals surface area contributed by atoms with E-state index in [2.05, 4.69) is 20.4 Å². The Kier molecular flexibility index (Phi) is 6.20. The first-order chi connectivity index (χ1) is 12.4. The fraction of sp³-hybridized carbons (Fsp3) is 0.235. The van der Waals surface area contributed by atoms with Gasteiger partial charge in [0.2, 0.25) is 5.78 Å². The predicted octanol–water partition coefficient (Wildman–Crippen LogP) is 0.269. The zero-order valence-corrected chi connectivity index (χ0v) is 14.3. The number of aryl methyl sites for hydroxylation is 1. The number of nitrogens with zero attached hydrogens (tertiary/aromatic N) is 2. The molecule has 136 valence electrons. The zero-order chi connectivity index (χ0) is 19.1. The van der Waals surface area contributed by atoms with Crippen molar-refractivity contribution in [3.05, 3.63) is 48.0 Å². The van der Waals surface area contributed by atoms with Crippen LogP contribution < -0.4 is 10.6 Å². The summed E-state index contributed by atoms with van der Waals surface area (Å²) >= 11 is 0. The lowest BCUT2D eigenvalue weighted by molar-refractivity contribution is -0.141. The molecule has 9 heteroatoms. The number of hydrogen-bond donors (Lipinski definition) is 2. The second-order valence-electron chi connectivity index (χ2n) is 5.30. The number of hydrogen-bond acceptors (Lipinski definition) is 6. The largest absolute Gasteiger partial charge is 0.469 e. The number of anilines is 1. The minimum atomic E-state index is -0.877. The van der Waals surface area contributed by atoms with Crippen LogP contribution in [0.4, 0.5) is 5.69 Å². The molecular formula is C17H18N4O5. The van der Waals surface area contributed by atoms with Gasteiger partial charge in [0.1, 0.15) is 0 Å². The van der Waals surface area contributed by atoms with Crippen LogP contribution in [0.1, 0.15) is 22.6 Å². The summed E-state index contributed by atoms with van der Waals surface area (Å²) in [5.74, 6) is -2.19. The molecule has 2 aromatic rings. The Bertz CT molecular complexity index is 826. The Morgan fingerprint density at radius 2 is 1.81 bits per heavy atom. The number of esters is 1. The van der Waals surface area contributed by atoms with Crippen molar-refractivity contribution in [2.24, 2.45) is 7.05 Å². The topological polar surface area (TPSA) is 119 Å². The molecule has 2 N–H and O–H groups in total. The number of amides is 2. The van der Waals surface area contributed by atoms with E-state index >= 15 is 0 Å². The van der Waals surface area contributed by atoms with E-state index in [4.69, 9.17) is 0 Å². The first-order valence-corrected chi connectivity index (χ1v) is 7.70. The highest BCUT2D eigenvalue weighted by molar-refractivity contribution is 6.39. The van der Waals surface area contributed by atoms with Crippen LogP contribution in [-0.4, -0.2) is 46.8 Å². The minimum absolute atomic E-state index is 0.00394. The second kappa shape index (κ2) is 8.56. The monoisotopic (exact) mass is 358 g/mol. The van der Waals surface area contributed by atoms with Crippen LogP contribution in [0.25, 0.3) is 0 Å². The molecule has 26 heavy (non-hydrogen) atoms. The Labute approximate surface area is 149 Å². The summed E-state index contributed by atoms with van der Waals surface area (Å²) in [6.07, 6.45) is 3.17. The van der Waals surface area contributed by atoms with Crippen molar-refractivity contribution < 1.29 is 23.9 Å². The number of imidazole rings is 1. The normalized spacial score (nSPS) is 10.1. The van der Waals surface area contributed by atoms with Crippen molar-refractivity contribution in [3.8, 4) is 0 Å². The number of methoxy groups -OCH3 is 1. The standard InChI is InChI=1S/C17H18N4O5/c1-21-10-9-18-15(21)14(23)11-3-5-12(6-4-11)20-17(25)16(24)19-8-7-13(22)26-2/h3-6,9-10H,7-8H2,1-2H3,(H,19,24)(H,20,25). The van der Waals surface area contributed by atoms with Crippen molar-refractivity contribution in [1.29, 1.82) is 0 Å². The molecular weight excluding hydrogens is 340 g/mol. The number of rotatable bonds is 6. The third kappa shape index (κ3) is 4.76. The maximum Gasteiger partial charge on any atom is 0.313 e. The number of nitrogens with one attached hydrogen (secondary N) is 2. The summed E-state index contributed by atoms with van der Waals surface area (Å²) in [5, 5.41) is 4.71. The van der Waals surface area contributed by atoms with Crippen LogP contribution >= 0.6 is 0 Å². The lowest BCUT2D eigenvalue weighted by Crippen LogP contribution is -2.36. The third-order valence-electron chi connectivity index (χ3n) is 3.48. The van der Waals surface area contributed by atoms with E-state index in [0.717, 1.165) is 0 Å². The van der Waals surface area contributed by atoms with Gasteiger partial charge in [-0.25, -0.2) is 4.98 Å². The summed E-state index contributed by atoms with van der Waals surface area (Å²) in [6.45, 7) is -0.00394. The van der Waals surface area contributed by atoms with Gasteiger partial charge in [0.15, 0.2) is 5.82 Å². The van der Waals surface area contributed by atoms with Crippen LogP contribution in [-0.2, 0) is 26.2 Å². The Hall–Kier alpha value is -3.49. The predicted molar refractivity (Wildman–Crippen MR) is 91.4 cm³/mol. The zero-order valence-electron chi connectivity index (χ0n) is 14.3. The van der Waals surface area contributed by atoms with Crippen LogP contribution in [0, 0.1) is 0 Å². The summed E-state index contributed by atoms with van der Waals surface area (Å²) < 4.78 is 6.04. The van der Waals surface area contributed by atoms with E-state index in [9.17, 15) is 19.2 Å². The molecule has 9 nitrogen and oxygen atoms in total. The number of ketones is 1. The Morgan fingerprint density at radius 1 is 1.12 bits per heavy atom. The molecule has 0 aliphatic carbocycles. The smallest absolute Gasteiger partial charge is 0.313 e. The molecule has 1 heterocycles. The van der Waals surface area contributed by atoms with E-state index in [1.54, 1.807) is 17.8 Å². The van der Waals surface area contributed by atoms with E-state index in [-0.39, 0.29) is 18.7 Å². The first kappa shape index (κ1) is 18.8. The number of ether oxygens (including phenoxy) is 1. The van der Waals surface area contributed by atoms with Crippen molar-refractivity contribution >= 4 is 29.3 Å². The van der Waals surface area contributed by atoms with Gasteiger partial charge in [0, 0.05) is 37.2 Å². The van der Waals surface area contributed by atoms with Crippen LogP contribution in [0.2, 0.25) is 0 Å². The molecule has 0 unspecified atom stereocenters. The first-order valence-electron chi connectivity index (χ1n) is 7.70. The van der Waals surface area contributed by atoms with E-state index in [0.29, 0.717) is 17.1 Å². The highest BCUT2D eigenvalue weighted by Crippen LogP contribution is 2.13. The van der Waals surface area contributed by atoms with Crippen molar-refractivity contribution in [3.63, 3.8) is 0 Å². The average molecular weight is 358 g/mol.